The van der Waals surface area contributed by atoms with Gasteiger partial charge in [0.2, 0.25) is 0 Å². The average Bonchev–Trinajstić information content (AvgIpc) is 0.918. The maximum Gasteiger partial charge on any atom is 4.00 e. The van der Waals surface area contributed by atoms with Gasteiger partial charge in [-0.25, -0.2) is 0 Å². The zero-order valence-electron chi connectivity index (χ0n) is 2.54. The van der Waals surface area contributed by atoms with Gasteiger partial charge in [0, 0.05) is 0 Å². The molecule has 0 atom stereocenters. The van der Waals surface area contributed by atoms with Gasteiger partial charge in [0.15, 0.2) is 0 Å². The molecule has 0 aliphatic carbocycles. The van der Waals surface area contributed by atoms with Gasteiger partial charge in [0.25, 0.3) is 0 Å². The van der Waals surface area contributed by atoms with Crippen LogP contribution in [0, 0.1) is 0 Å². The predicted molar refractivity (Wildman–Crippen MR) is 10.3 cm³/mol. The van der Waals surface area contributed by atoms with Crippen molar-refractivity contribution in [3.63, 3.8) is 0 Å². The van der Waals surface area contributed by atoms with Gasteiger partial charge in [0.05, 0.1) is 0 Å². The van der Waals surface area contributed by atoms with E-state index < -0.39 is 11.6 Å². The molecule has 0 amide bonds. The molecule has 34 valence electrons. The molecule has 0 aliphatic heterocycles. The topological polar surface area (TPSA) is 91.1 Å². The van der Waals surface area contributed by atoms with Crippen molar-refractivity contribution < 1.29 is 41.1 Å². The van der Waals surface area contributed by atoms with Gasteiger partial charge in [-0.1, -0.05) is 0 Å². The summed E-state index contributed by atoms with van der Waals surface area (Å²) in [5.74, 6) is 0. The second-order valence-electron chi connectivity index (χ2n) is 0.0680. The Morgan fingerprint density at radius 2 is 1.00 bits per heavy atom. The van der Waals surface area contributed by atoms with Gasteiger partial charge in [-0.15, -0.1) is 0 Å². The number of hydrogen-bond donors (Lipinski definition) is 0. The van der Waals surface area contributed by atoms with Crippen molar-refractivity contribution in [3.8, 4) is 0 Å². The molecule has 0 bridgehead atoms. The minimum atomic E-state index is -0.750. The zero-order valence-corrected chi connectivity index (χ0v) is 4.92. The molecule has 0 spiro atoms. The Bertz CT molecular complexity index is 28.5. The smallest absolute Gasteiger partial charge is 2.00 e. The Morgan fingerprint density at radius 3 is 1.00 bits per heavy atom. The first-order valence-corrected chi connectivity index (χ1v) is 1.00. The van der Waals surface area contributed by atoms with Crippen molar-refractivity contribution in [2.45, 2.75) is 0 Å². The number of hydrogen-bond acceptors (Lipinski definition) is 2. The molecule has 6 heteroatoms. The van der Waals surface area contributed by atoms with Crippen LogP contribution >= 0.6 is 0 Å². The van der Waals surface area contributed by atoms with Crippen LogP contribution in [0.5, 0.6) is 0 Å². The van der Waals surface area contributed by atoms with Crippen LogP contribution in [0.2, 0.25) is 0 Å². The minimum Gasteiger partial charge on any atom is -2.00 e. The van der Waals surface area contributed by atoms with Crippen molar-refractivity contribution in [2.24, 2.45) is 0 Å². The maximum atomic E-state index is 8.29. The van der Waals surface area contributed by atoms with E-state index in [2.05, 4.69) is 0 Å². The van der Waals surface area contributed by atoms with Crippen molar-refractivity contribution in [3.05, 3.63) is 0 Å². The molecule has 0 fully saturated rings. The van der Waals surface area contributed by atoms with Crippen LogP contribution in [0.4, 0.5) is 0 Å². The van der Waals surface area contributed by atoms with E-state index in [0.717, 1.165) is 0 Å². The molecule has 0 aliphatic rings. The standard InChI is InChI=1S/O2S.2O.Ti/c1-3-2;;;/q;2*-2;+4. The summed E-state index contributed by atoms with van der Waals surface area (Å²) < 4.78 is 16.6. The molecular formula is O4STi. The first-order chi connectivity index (χ1) is 1.41. The molecule has 0 saturated heterocycles. The van der Waals surface area contributed by atoms with E-state index in [1.165, 1.54) is 0 Å². The summed E-state index contributed by atoms with van der Waals surface area (Å²) in [5, 5.41) is 0. The number of rotatable bonds is 0. The van der Waals surface area contributed by atoms with Crippen LogP contribution in [0.3, 0.4) is 0 Å². The molecule has 0 N–H and O–H groups in total. The van der Waals surface area contributed by atoms with Crippen LogP contribution < -0.4 is 0 Å². The molecule has 0 aromatic carbocycles. The van der Waals surface area contributed by atoms with Gasteiger partial charge in [-0.3, -0.25) is 0 Å². The molecule has 6 heavy (non-hydrogen) atoms. The Labute approximate surface area is 53.0 Å². The second-order valence-corrected chi connectivity index (χ2v) is 0.204. The van der Waals surface area contributed by atoms with Crippen LogP contribution in [0.25, 0.3) is 0 Å². The van der Waals surface area contributed by atoms with Crippen LogP contribution in [-0.2, 0) is 44.2 Å². The zero-order chi connectivity index (χ0) is 2.71. The molecule has 0 unspecified atom stereocenters. The molecule has 4 nitrogen and oxygen atoms in total. The van der Waals surface area contributed by atoms with Crippen molar-refractivity contribution in [2.75, 3.05) is 0 Å². The van der Waals surface area contributed by atoms with Crippen LogP contribution in [0.1, 0.15) is 0 Å². The maximum absolute atomic E-state index is 8.29. The summed E-state index contributed by atoms with van der Waals surface area (Å²) in [5.41, 5.74) is 0. The largest absolute Gasteiger partial charge is 4.00 e. The summed E-state index contributed by atoms with van der Waals surface area (Å²) in [4.78, 5) is 0. The van der Waals surface area contributed by atoms with E-state index in [4.69, 9.17) is 8.42 Å². The molecule has 0 aromatic heterocycles. The monoisotopic (exact) mass is 144 g/mol. The van der Waals surface area contributed by atoms with Gasteiger partial charge in [0.1, 0.15) is 0 Å². The van der Waals surface area contributed by atoms with E-state index in [1.807, 2.05) is 0 Å². The van der Waals surface area contributed by atoms with Gasteiger partial charge in [-0.2, -0.15) is 8.42 Å². The quantitative estimate of drug-likeness (QED) is 0.411. The van der Waals surface area contributed by atoms with E-state index in [0.29, 0.717) is 0 Å². The fourth-order valence-corrected chi connectivity index (χ4v) is 0. The van der Waals surface area contributed by atoms with E-state index >= 15 is 0 Å². The molecule has 0 heterocycles. The Balaban J connectivity index is -0.00000000667. The average molecular weight is 144 g/mol. The molecule has 0 radical (unpaired) electrons. The SMILES string of the molecule is O=S=O.[O-2].[O-2].[Ti+4]. The Hall–Kier alpha value is 0.454. The Kier molecular flexibility index (Phi) is 272. The fraction of sp³-hybridized carbons (Fsp3) is 0. The third kappa shape index (κ3) is 258. The van der Waals surface area contributed by atoms with Crippen molar-refractivity contribution >= 4 is 11.6 Å². The van der Waals surface area contributed by atoms with E-state index in [1.54, 1.807) is 0 Å². The summed E-state index contributed by atoms with van der Waals surface area (Å²) >= 11 is -0.750. The van der Waals surface area contributed by atoms with Crippen molar-refractivity contribution in [1.82, 2.24) is 0 Å². The normalized spacial score (nSPS) is 2.00. The molecule has 0 rings (SSSR count). The summed E-state index contributed by atoms with van der Waals surface area (Å²) in [7, 11) is 0. The van der Waals surface area contributed by atoms with E-state index in [9.17, 15) is 0 Å². The van der Waals surface area contributed by atoms with Crippen LogP contribution in [-0.4, -0.2) is 8.42 Å². The third-order valence-corrected chi connectivity index (χ3v) is 0. The Morgan fingerprint density at radius 1 is 1.00 bits per heavy atom. The summed E-state index contributed by atoms with van der Waals surface area (Å²) in [6.45, 7) is 0. The third-order valence-electron chi connectivity index (χ3n) is 0. The first kappa shape index (κ1) is 31.9. The van der Waals surface area contributed by atoms with Crippen molar-refractivity contribution in [1.29, 1.82) is 0 Å². The van der Waals surface area contributed by atoms with Gasteiger partial charge < -0.3 is 11.0 Å². The minimum absolute atomic E-state index is 0. The molecule has 0 saturated carbocycles. The van der Waals surface area contributed by atoms with Gasteiger partial charge in [-0.05, 0) is 0 Å². The fourth-order valence-electron chi connectivity index (χ4n) is 0. The summed E-state index contributed by atoms with van der Waals surface area (Å²) in [6, 6.07) is 0. The summed E-state index contributed by atoms with van der Waals surface area (Å²) in [6.07, 6.45) is 0. The van der Waals surface area contributed by atoms with Gasteiger partial charge >= 0.3 is 33.3 Å². The first-order valence-electron chi connectivity index (χ1n) is 0.333. The molecule has 0 aromatic rings. The second kappa shape index (κ2) is 51.2. The molecular weight excluding hydrogens is 144 g/mol. The van der Waals surface area contributed by atoms with Crippen LogP contribution in [0.15, 0.2) is 0 Å². The predicted octanol–water partition coefficient (Wildman–Crippen LogP) is -0.910. The van der Waals surface area contributed by atoms with E-state index in [-0.39, 0.29) is 32.7 Å².